The van der Waals surface area contributed by atoms with Crippen LogP contribution in [0.25, 0.3) is 32.7 Å². The molecule has 0 fully saturated rings. The SMILES string of the molecule is CCOc1ccc(-c2nc(-c3cn(CCC#N)c4ccccc34)cs2)cc1. The first kappa shape index (κ1) is 17.3. The van der Waals surface area contributed by atoms with Crippen molar-refractivity contribution in [2.45, 2.75) is 19.9 Å². The molecule has 0 atom stereocenters. The van der Waals surface area contributed by atoms with Crippen LogP contribution >= 0.6 is 11.3 Å². The summed E-state index contributed by atoms with van der Waals surface area (Å²) in [7, 11) is 0. The van der Waals surface area contributed by atoms with Crippen LogP contribution in [0.1, 0.15) is 13.3 Å². The smallest absolute Gasteiger partial charge is 0.124 e. The molecule has 2 aromatic heterocycles. The monoisotopic (exact) mass is 373 g/mol. The van der Waals surface area contributed by atoms with Crippen LogP contribution in [-0.2, 0) is 6.54 Å². The molecule has 4 rings (SSSR count). The number of aryl methyl sites for hydroxylation is 1. The molecule has 0 amide bonds. The van der Waals surface area contributed by atoms with Crippen molar-refractivity contribution in [2.24, 2.45) is 0 Å². The van der Waals surface area contributed by atoms with Gasteiger partial charge >= 0.3 is 0 Å². The molecule has 0 saturated heterocycles. The van der Waals surface area contributed by atoms with Crippen LogP contribution in [-0.4, -0.2) is 16.2 Å². The summed E-state index contributed by atoms with van der Waals surface area (Å²) in [6.45, 7) is 3.33. The number of ether oxygens (including phenoxy) is 1. The van der Waals surface area contributed by atoms with Gasteiger partial charge in [-0.1, -0.05) is 18.2 Å². The van der Waals surface area contributed by atoms with E-state index >= 15 is 0 Å². The Morgan fingerprint density at radius 2 is 1.96 bits per heavy atom. The van der Waals surface area contributed by atoms with E-state index in [0.717, 1.165) is 33.1 Å². The highest BCUT2D eigenvalue weighted by molar-refractivity contribution is 7.13. The van der Waals surface area contributed by atoms with E-state index in [0.29, 0.717) is 19.6 Å². The van der Waals surface area contributed by atoms with Crippen LogP contribution in [0.3, 0.4) is 0 Å². The Morgan fingerprint density at radius 1 is 1.15 bits per heavy atom. The lowest BCUT2D eigenvalue weighted by Crippen LogP contribution is -1.94. The zero-order valence-corrected chi connectivity index (χ0v) is 15.9. The van der Waals surface area contributed by atoms with Gasteiger partial charge in [0.2, 0.25) is 0 Å². The van der Waals surface area contributed by atoms with Crippen molar-refractivity contribution in [1.29, 1.82) is 5.26 Å². The maximum absolute atomic E-state index is 8.92. The number of fused-ring (bicyclic) bond motifs is 1. The average molecular weight is 373 g/mol. The number of para-hydroxylation sites is 1. The summed E-state index contributed by atoms with van der Waals surface area (Å²) in [5.74, 6) is 0.874. The van der Waals surface area contributed by atoms with Crippen molar-refractivity contribution in [2.75, 3.05) is 6.61 Å². The third-order valence-electron chi connectivity index (χ3n) is 4.45. The van der Waals surface area contributed by atoms with Gasteiger partial charge in [0.05, 0.1) is 24.8 Å². The molecule has 134 valence electrons. The van der Waals surface area contributed by atoms with E-state index in [2.05, 4.69) is 34.3 Å². The van der Waals surface area contributed by atoms with E-state index in [1.165, 1.54) is 5.39 Å². The maximum Gasteiger partial charge on any atom is 0.124 e. The highest BCUT2D eigenvalue weighted by Gasteiger charge is 2.13. The highest BCUT2D eigenvalue weighted by Crippen LogP contribution is 2.34. The Bertz CT molecular complexity index is 1100. The molecule has 2 aromatic carbocycles. The topological polar surface area (TPSA) is 50.8 Å². The third-order valence-corrected chi connectivity index (χ3v) is 5.34. The minimum Gasteiger partial charge on any atom is -0.494 e. The second-order valence-corrected chi connectivity index (χ2v) is 7.01. The molecule has 2 heterocycles. The summed E-state index contributed by atoms with van der Waals surface area (Å²) < 4.78 is 7.65. The van der Waals surface area contributed by atoms with Gasteiger partial charge in [-0.25, -0.2) is 4.98 Å². The lowest BCUT2D eigenvalue weighted by molar-refractivity contribution is 0.340. The van der Waals surface area contributed by atoms with Gasteiger partial charge < -0.3 is 9.30 Å². The molecular weight excluding hydrogens is 354 g/mol. The van der Waals surface area contributed by atoms with E-state index in [4.69, 9.17) is 15.0 Å². The summed E-state index contributed by atoms with van der Waals surface area (Å²) in [6.07, 6.45) is 2.60. The number of rotatable bonds is 6. The molecule has 0 N–H and O–H groups in total. The molecule has 0 bridgehead atoms. The molecule has 27 heavy (non-hydrogen) atoms. The Hall–Kier alpha value is -3.10. The Balaban J connectivity index is 1.70. The normalized spacial score (nSPS) is 10.8. The number of benzene rings is 2. The van der Waals surface area contributed by atoms with Crippen molar-refractivity contribution in [3.63, 3.8) is 0 Å². The van der Waals surface area contributed by atoms with Gasteiger partial charge in [0.25, 0.3) is 0 Å². The second-order valence-electron chi connectivity index (χ2n) is 6.16. The number of nitriles is 1. The van der Waals surface area contributed by atoms with Gasteiger partial charge in [-0.15, -0.1) is 11.3 Å². The molecule has 0 unspecified atom stereocenters. The van der Waals surface area contributed by atoms with Crippen molar-refractivity contribution >= 4 is 22.2 Å². The molecule has 5 heteroatoms. The fourth-order valence-corrected chi connectivity index (χ4v) is 4.02. The largest absolute Gasteiger partial charge is 0.494 e. The first-order valence-electron chi connectivity index (χ1n) is 8.94. The summed E-state index contributed by atoms with van der Waals surface area (Å²) >= 11 is 1.64. The summed E-state index contributed by atoms with van der Waals surface area (Å²) in [6, 6.07) is 18.6. The molecule has 0 aliphatic heterocycles. The summed E-state index contributed by atoms with van der Waals surface area (Å²) in [4.78, 5) is 4.87. The minimum atomic E-state index is 0.493. The third kappa shape index (κ3) is 3.44. The van der Waals surface area contributed by atoms with Crippen molar-refractivity contribution in [3.8, 4) is 33.6 Å². The molecule has 4 aromatic rings. The number of nitrogens with zero attached hydrogens (tertiary/aromatic N) is 3. The summed E-state index contributed by atoms with van der Waals surface area (Å²) in [5, 5.41) is 13.2. The highest BCUT2D eigenvalue weighted by atomic mass is 32.1. The van der Waals surface area contributed by atoms with E-state index in [1.807, 2.05) is 43.3 Å². The molecule has 0 spiro atoms. The average Bonchev–Trinajstić information content (AvgIpc) is 3.32. The van der Waals surface area contributed by atoms with Gasteiger partial charge in [0.1, 0.15) is 10.8 Å². The maximum atomic E-state index is 8.92. The van der Waals surface area contributed by atoms with E-state index in [9.17, 15) is 0 Å². The zero-order chi connectivity index (χ0) is 18.6. The number of aromatic nitrogens is 2. The first-order chi connectivity index (χ1) is 13.3. The molecule has 0 radical (unpaired) electrons. The predicted octanol–water partition coefficient (Wildman–Crippen LogP) is 5.74. The van der Waals surface area contributed by atoms with E-state index in [-0.39, 0.29) is 0 Å². The number of hydrogen-bond donors (Lipinski definition) is 0. The lowest BCUT2D eigenvalue weighted by atomic mass is 10.1. The van der Waals surface area contributed by atoms with Crippen LogP contribution in [0.2, 0.25) is 0 Å². The Labute approximate surface area is 162 Å². The van der Waals surface area contributed by atoms with Gasteiger partial charge in [0, 0.05) is 40.2 Å². The zero-order valence-electron chi connectivity index (χ0n) is 15.1. The first-order valence-corrected chi connectivity index (χ1v) is 9.82. The van der Waals surface area contributed by atoms with Crippen LogP contribution in [0.15, 0.2) is 60.1 Å². The Kier molecular flexibility index (Phi) is 4.91. The fourth-order valence-electron chi connectivity index (χ4n) is 3.20. The number of thiazole rings is 1. The van der Waals surface area contributed by atoms with Crippen LogP contribution in [0, 0.1) is 11.3 Å². The van der Waals surface area contributed by atoms with Gasteiger partial charge in [-0.3, -0.25) is 0 Å². The molecular formula is C22H19N3OS. The second kappa shape index (κ2) is 7.65. The van der Waals surface area contributed by atoms with Gasteiger partial charge in [-0.05, 0) is 37.3 Å². The van der Waals surface area contributed by atoms with Crippen molar-refractivity contribution in [3.05, 3.63) is 60.1 Å². The Morgan fingerprint density at radius 3 is 2.74 bits per heavy atom. The predicted molar refractivity (Wildman–Crippen MR) is 110 cm³/mol. The van der Waals surface area contributed by atoms with Crippen LogP contribution in [0.5, 0.6) is 5.75 Å². The summed E-state index contributed by atoms with van der Waals surface area (Å²) in [5.41, 5.74) is 4.30. The minimum absolute atomic E-state index is 0.493. The van der Waals surface area contributed by atoms with Crippen LogP contribution < -0.4 is 4.74 Å². The van der Waals surface area contributed by atoms with Gasteiger partial charge in [-0.2, -0.15) is 5.26 Å². The number of hydrogen-bond acceptors (Lipinski definition) is 4. The molecule has 0 saturated carbocycles. The van der Waals surface area contributed by atoms with Crippen molar-refractivity contribution in [1.82, 2.24) is 9.55 Å². The van der Waals surface area contributed by atoms with E-state index < -0.39 is 0 Å². The van der Waals surface area contributed by atoms with Gasteiger partial charge in [0.15, 0.2) is 0 Å². The fraction of sp³-hybridized carbons (Fsp3) is 0.182. The lowest BCUT2D eigenvalue weighted by Gasteiger charge is -2.02. The van der Waals surface area contributed by atoms with E-state index in [1.54, 1.807) is 11.3 Å². The quantitative estimate of drug-likeness (QED) is 0.433. The standard InChI is InChI=1S/C22H19N3OS/c1-2-26-17-10-8-16(9-11-17)22-24-20(15-27-22)19-14-25(13-5-12-23)21-7-4-3-6-18(19)21/h3-4,6-11,14-15H,2,5,13H2,1H3. The van der Waals surface area contributed by atoms with Crippen molar-refractivity contribution < 1.29 is 4.74 Å². The molecule has 4 nitrogen and oxygen atoms in total. The molecule has 0 aliphatic carbocycles. The molecule has 0 aliphatic rings. The van der Waals surface area contributed by atoms with Crippen LogP contribution in [0.4, 0.5) is 0 Å².